The minimum absolute atomic E-state index is 0.171. The highest BCUT2D eigenvalue weighted by Gasteiger charge is 2.25. The van der Waals surface area contributed by atoms with Crippen LogP contribution < -0.4 is 10.6 Å². The molecule has 0 amide bonds. The zero-order chi connectivity index (χ0) is 11.7. The molecule has 0 bridgehead atoms. The summed E-state index contributed by atoms with van der Waals surface area (Å²) in [4.78, 5) is 1.95. The predicted molar refractivity (Wildman–Crippen MR) is 62.8 cm³/mol. The minimum atomic E-state index is -0.398. The second-order valence-corrected chi connectivity index (χ2v) is 4.45. The van der Waals surface area contributed by atoms with Crippen molar-refractivity contribution >= 4 is 11.4 Å². The van der Waals surface area contributed by atoms with E-state index >= 15 is 0 Å². The van der Waals surface area contributed by atoms with Crippen molar-refractivity contribution in [3.05, 3.63) is 24.0 Å². The van der Waals surface area contributed by atoms with Gasteiger partial charge >= 0.3 is 0 Å². The second-order valence-electron chi connectivity index (χ2n) is 4.45. The van der Waals surface area contributed by atoms with Crippen LogP contribution in [0.25, 0.3) is 0 Å². The molecule has 1 aromatic rings. The summed E-state index contributed by atoms with van der Waals surface area (Å²) in [5.41, 5.74) is 6.55. The SMILES string of the molecule is CC1CCN(c2cccc(F)c2N)CC1O. The molecule has 16 heavy (non-hydrogen) atoms. The van der Waals surface area contributed by atoms with E-state index in [1.54, 1.807) is 12.1 Å². The lowest BCUT2D eigenvalue weighted by Gasteiger charge is -2.36. The van der Waals surface area contributed by atoms with E-state index in [9.17, 15) is 9.50 Å². The number of nitrogens with zero attached hydrogens (tertiary/aromatic N) is 1. The fourth-order valence-electron chi connectivity index (χ4n) is 2.07. The van der Waals surface area contributed by atoms with Gasteiger partial charge in [-0.2, -0.15) is 0 Å². The first-order valence-corrected chi connectivity index (χ1v) is 5.56. The molecule has 1 saturated heterocycles. The van der Waals surface area contributed by atoms with Gasteiger partial charge in [0.05, 0.1) is 17.5 Å². The van der Waals surface area contributed by atoms with E-state index in [1.165, 1.54) is 6.07 Å². The van der Waals surface area contributed by atoms with E-state index in [2.05, 4.69) is 0 Å². The molecule has 3 nitrogen and oxygen atoms in total. The van der Waals surface area contributed by atoms with E-state index in [-0.39, 0.29) is 11.8 Å². The molecule has 4 heteroatoms. The molecule has 0 saturated carbocycles. The molecule has 1 heterocycles. The lowest BCUT2D eigenvalue weighted by molar-refractivity contribution is 0.103. The zero-order valence-electron chi connectivity index (χ0n) is 9.36. The quantitative estimate of drug-likeness (QED) is 0.713. The number of nitrogens with two attached hydrogens (primary N) is 1. The van der Waals surface area contributed by atoms with Gasteiger partial charge in [-0.05, 0) is 24.5 Å². The monoisotopic (exact) mass is 224 g/mol. The number of benzene rings is 1. The Kier molecular flexibility index (Phi) is 3.01. The van der Waals surface area contributed by atoms with Crippen LogP contribution in [0.5, 0.6) is 0 Å². The smallest absolute Gasteiger partial charge is 0.148 e. The highest BCUT2D eigenvalue weighted by atomic mass is 19.1. The van der Waals surface area contributed by atoms with Crippen LogP contribution in [0.3, 0.4) is 0 Å². The number of aliphatic hydroxyl groups is 1. The van der Waals surface area contributed by atoms with E-state index in [0.717, 1.165) is 13.0 Å². The largest absolute Gasteiger partial charge is 0.395 e. The van der Waals surface area contributed by atoms with Crippen LogP contribution in [0, 0.1) is 11.7 Å². The van der Waals surface area contributed by atoms with E-state index in [1.807, 2.05) is 11.8 Å². The Morgan fingerprint density at radius 2 is 2.25 bits per heavy atom. The van der Waals surface area contributed by atoms with Gasteiger partial charge in [0, 0.05) is 13.1 Å². The summed E-state index contributed by atoms with van der Waals surface area (Å²) in [5.74, 6) is -0.100. The molecule has 0 aliphatic carbocycles. The summed E-state index contributed by atoms with van der Waals surface area (Å²) in [6, 6.07) is 4.79. The number of para-hydroxylation sites is 1. The third-order valence-electron chi connectivity index (χ3n) is 3.29. The van der Waals surface area contributed by atoms with Crippen LogP contribution in [0.4, 0.5) is 15.8 Å². The van der Waals surface area contributed by atoms with Gasteiger partial charge in [0.1, 0.15) is 5.82 Å². The summed E-state index contributed by atoms with van der Waals surface area (Å²) in [6.07, 6.45) is 0.535. The minimum Gasteiger partial charge on any atom is -0.395 e. The molecule has 1 aromatic carbocycles. The Hall–Kier alpha value is -1.29. The molecule has 0 aromatic heterocycles. The van der Waals surface area contributed by atoms with Crippen LogP contribution in [-0.4, -0.2) is 24.3 Å². The number of hydrogen-bond donors (Lipinski definition) is 2. The summed E-state index contributed by atoms with van der Waals surface area (Å²) < 4.78 is 13.3. The highest BCUT2D eigenvalue weighted by Crippen LogP contribution is 2.29. The van der Waals surface area contributed by atoms with Crippen molar-refractivity contribution in [2.24, 2.45) is 5.92 Å². The Morgan fingerprint density at radius 1 is 1.50 bits per heavy atom. The van der Waals surface area contributed by atoms with E-state index < -0.39 is 5.82 Å². The molecule has 2 unspecified atom stereocenters. The molecule has 0 spiro atoms. The number of nitrogen functional groups attached to an aromatic ring is 1. The van der Waals surface area contributed by atoms with Gasteiger partial charge in [-0.25, -0.2) is 4.39 Å². The fraction of sp³-hybridized carbons (Fsp3) is 0.500. The average Bonchev–Trinajstić information content (AvgIpc) is 2.26. The first-order valence-electron chi connectivity index (χ1n) is 5.56. The van der Waals surface area contributed by atoms with Gasteiger partial charge in [0.2, 0.25) is 0 Å². The molecule has 3 N–H and O–H groups in total. The maximum Gasteiger partial charge on any atom is 0.148 e. The second kappa shape index (κ2) is 4.29. The number of hydrogen-bond acceptors (Lipinski definition) is 3. The highest BCUT2D eigenvalue weighted by molar-refractivity contribution is 5.68. The van der Waals surface area contributed by atoms with Crippen LogP contribution in [0.1, 0.15) is 13.3 Å². The van der Waals surface area contributed by atoms with Crippen LogP contribution in [0.2, 0.25) is 0 Å². The third kappa shape index (κ3) is 1.97. The molecule has 1 aliphatic rings. The van der Waals surface area contributed by atoms with Gasteiger partial charge < -0.3 is 15.7 Å². The van der Waals surface area contributed by atoms with Gasteiger partial charge in [0.25, 0.3) is 0 Å². The van der Waals surface area contributed by atoms with Crippen molar-refractivity contribution in [2.45, 2.75) is 19.4 Å². The summed E-state index contributed by atoms with van der Waals surface area (Å²) in [5, 5.41) is 9.79. The van der Waals surface area contributed by atoms with Crippen molar-refractivity contribution in [3.8, 4) is 0 Å². The standard InChI is InChI=1S/C12H17FN2O/c1-8-5-6-15(7-11(8)16)10-4-2-3-9(13)12(10)14/h2-4,8,11,16H,5-7,14H2,1H3. The Balaban J connectivity index is 2.22. The molecular formula is C12H17FN2O. The molecule has 1 aliphatic heterocycles. The van der Waals surface area contributed by atoms with Crippen LogP contribution in [-0.2, 0) is 0 Å². The fourth-order valence-corrected chi connectivity index (χ4v) is 2.07. The normalized spacial score (nSPS) is 25.8. The number of halogens is 1. The Morgan fingerprint density at radius 3 is 2.94 bits per heavy atom. The topological polar surface area (TPSA) is 49.5 Å². The summed E-state index contributed by atoms with van der Waals surface area (Å²) >= 11 is 0. The Bertz CT molecular complexity index is 383. The maximum atomic E-state index is 13.3. The number of anilines is 2. The first-order chi connectivity index (χ1) is 7.59. The van der Waals surface area contributed by atoms with Gasteiger partial charge in [0.15, 0.2) is 0 Å². The van der Waals surface area contributed by atoms with Crippen molar-refractivity contribution in [3.63, 3.8) is 0 Å². The van der Waals surface area contributed by atoms with Gasteiger partial charge in [-0.1, -0.05) is 13.0 Å². The average molecular weight is 224 g/mol. The summed E-state index contributed by atoms with van der Waals surface area (Å²) in [7, 11) is 0. The van der Waals surface area contributed by atoms with Crippen molar-refractivity contribution in [1.29, 1.82) is 0 Å². The number of β-amino-alcohol motifs (C(OH)–C–C–N with tert-alkyl or cyclic N) is 1. The lowest BCUT2D eigenvalue weighted by atomic mass is 9.95. The van der Waals surface area contributed by atoms with Gasteiger partial charge in [-0.15, -0.1) is 0 Å². The van der Waals surface area contributed by atoms with E-state index in [4.69, 9.17) is 5.73 Å². The van der Waals surface area contributed by atoms with Crippen molar-refractivity contribution < 1.29 is 9.50 Å². The predicted octanol–water partition coefficient (Wildman–Crippen LogP) is 1.61. The van der Waals surface area contributed by atoms with Crippen molar-refractivity contribution in [2.75, 3.05) is 23.7 Å². The lowest BCUT2D eigenvalue weighted by Crippen LogP contribution is -2.43. The van der Waals surface area contributed by atoms with Gasteiger partial charge in [-0.3, -0.25) is 0 Å². The van der Waals surface area contributed by atoms with E-state index in [0.29, 0.717) is 18.2 Å². The number of aliphatic hydroxyl groups excluding tert-OH is 1. The molecular weight excluding hydrogens is 207 g/mol. The summed E-state index contributed by atoms with van der Waals surface area (Å²) in [6.45, 7) is 3.36. The van der Waals surface area contributed by atoms with Crippen LogP contribution >= 0.6 is 0 Å². The Labute approximate surface area is 94.7 Å². The van der Waals surface area contributed by atoms with Crippen LogP contribution in [0.15, 0.2) is 18.2 Å². The molecule has 2 rings (SSSR count). The van der Waals surface area contributed by atoms with Crippen molar-refractivity contribution in [1.82, 2.24) is 0 Å². The molecule has 2 atom stereocenters. The number of rotatable bonds is 1. The third-order valence-corrected chi connectivity index (χ3v) is 3.29. The molecule has 0 radical (unpaired) electrons. The molecule has 1 fully saturated rings. The first kappa shape index (κ1) is 11.2. The molecule has 88 valence electrons. The number of piperidine rings is 1. The maximum absolute atomic E-state index is 13.3. The zero-order valence-corrected chi connectivity index (χ0v) is 9.36.